The lowest BCUT2D eigenvalue weighted by atomic mass is 10.2. The number of hydrogen-bond acceptors (Lipinski definition) is 4. The van der Waals surface area contributed by atoms with Gasteiger partial charge in [0, 0.05) is 25.9 Å². The van der Waals surface area contributed by atoms with E-state index in [9.17, 15) is 4.79 Å². The third kappa shape index (κ3) is 5.33. The number of nitrogens with zero attached hydrogens (tertiary/aromatic N) is 1. The van der Waals surface area contributed by atoms with Crippen molar-refractivity contribution in [1.29, 1.82) is 0 Å². The van der Waals surface area contributed by atoms with E-state index >= 15 is 0 Å². The molecular formula is C12H19N3O2. The van der Waals surface area contributed by atoms with Crippen LogP contribution in [0.3, 0.4) is 0 Å². The molecule has 4 N–H and O–H groups in total. The first kappa shape index (κ1) is 13.5. The molecule has 0 radical (unpaired) electrons. The molecule has 94 valence electrons. The van der Waals surface area contributed by atoms with Gasteiger partial charge in [-0.1, -0.05) is 12.1 Å². The van der Waals surface area contributed by atoms with Crippen molar-refractivity contribution in [3.05, 3.63) is 29.8 Å². The topological polar surface area (TPSA) is 81.6 Å². The summed E-state index contributed by atoms with van der Waals surface area (Å²) in [6.07, 6.45) is 0. The summed E-state index contributed by atoms with van der Waals surface area (Å²) < 4.78 is 5.00. The molecule has 1 rings (SSSR count). The second-order valence-electron chi connectivity index (χ2n) is 3.91. The number of carbonyl (C=O) groups excluding carboxylic acids is 1. The molecule has 0 unspecified atom stereocenters. The van der Waals surface area contributed by atoms with Gasteiger partial charge in [0.25, 0.3) is 0 Å². The summed E-state index contributed by atoms with van der Waals surface area (Å²) in [6.45, 7) is 2.08. The highest BCUT2D eigenvalue weighted by molar-refractivity contribution is 5.75. The number of methoxy groups -OCH3 is 1. The molecule has 1 amide bonds. The number of primary amides is 1. The number of amides is 1. The highest BCUT2D eigenvalue weighted by atomic mass is 16.5. The number of nitrogen functional groups attached to an aromatic ring is 1. The van der Waals surface area contributed by atoms with Crippen LogP contribution in [0.25, 0.3) is 0 Å². The minimum Gasteiger partial charge on any atom is -0.399 e. The lowest BCUT2D eigenvalue weighted by molar-refractivity contribution is -0.119. The third-order valence-electron chi connectivity index (χ3n) is 2.35. The summed E-state index contributed by atoms with van der Waals surface area (Å²) in [4.78, 5) is 12.9. The molecule has 0 aromatic heterocycles. The smallest absolute Gasteiger partial charge is 0.231 e. The molecule has 17 heavy (non-hydrogen) atoms. The van der Waals surface area contributed by atoms with E-state index < -0.39 is 0 Å². The van der Waals surface area contributed by atoms with Crippen molar-refractivity contribution in [3.63, 3.8) is 0 Å². The molecule has 0 aliphatic rings. The zero-order valence-corrected chi connectivity index (χ0v) is 10.1. The van der Waals surface area contributed by atoms with Gasteiger partial charge in [0.05, 0.1) is 13.2 Å². The van der Waals surface area contributed by atoms with Gasteiger partial charge < -0.3 is 16.2 Å². The van der Waals surface area contributed by atoms with E-state index in [-0.39, 0.29) is 12.5 Å². The van der Waals surface area contributed by atoms with Crippen molar-refractivity contribution < 1.29 is 9.53 Å². The maximum atomic E-state index is 10.9. The fourth-order valence-corrected chi connectivity index (χ4v) is 1.60. The van der Waals surface area contributed by atoms with Gasteiger partial charge in [-0.15, -0.1) is 0 Å². The van der Waals surface area contributed by atoms with Crippen molar-refractivity contribution in [2.24, 2.45) is 5.73 Å². The molecule has 1 aromatic rings. The van der Waals surface area contributed by atoms with E-state index in [4.69, 9.17) is 16.2 Å². The first-order valence-electron chi connectivity index (χ1n) is 5.46. The Bertz CT molecular complexity index is 369. The van der Waals surface area contributed by atoms with Crippen LogP contribution < -0.4 is 11.5 Å². The number of ether oxygens (including phenoxy) is 1. The quantitative estimate of drug-likeness (QED) is 0.664. The number of anilines is 1. The van der Waals surface area contributed by atoms with Crippen LogP contribution in [0.15, 0.2) is 24.3 Å². The number of hydrogen-bond donors (Lipinski definition) is 2. The Hall–Kier alpha value is -1.59. The molecule has 0 bridgehead atoms. The van der Waals surface area contributed by atoms with Crippen LogP contribution in [0.4, 0.5) is 5.69 Å². The van der Waals surface area contributed by atoms with Crippen molar-refractivity contribution in [2.75, 3.05) is 32.5 Å². The van der Waals surface area contributed by atoms with Gasteiger partial charge in [-0.05, 0) is 17.7 Å². The highest BCUT2D eigenvalue weighted by Gasteiger charge is 2.08. The Labute approximate surface area is 101 Å². The lowest BCUT2D eigenvalue weighted by Crippen LogP contribution is -2.35. The second-order valence-corrected chi connectivity index (χ2v) is 3.91. The minimum absolute atomic E-state index is 0.220. The van der Waals surface area contributed by atoms with Gasteiger partial charge in [-0.25, -0.2) is 0 Å². The Morgan fingerprint density at radius 1 is 1.47 bits per heavy atom. The van der Waals surface area contributed by atoms with Crippen LogP contribution in [0, 0.1) is 0 Å². The summed E-state index contributed by atoms with van der Waals surface area (Å²) in [5, 5.41) is 0. The Kier molecular flexibility index (Phi) is 5.45. The first-order valence-corrected chi connectivity index (χ1v) is 5.46. The largest absolute Gasteiger partial charge is 0.399 e. The van der Waals surface area contributed by atoms with E-state index in [2.05, 4.69) is 0 Å². The maximum absolute atomic E-state index is 10.9. The number of rotatable bonds is 7. The van der Waals surface area contributed by atoms with E-state index in [1.54, 1.807) is 7.11 Å². The molecule has 5 heteroatoms. The summed E-state index contributed by atoms with van der Waals surface area (Å²) in [5.41, 5.74) is 12.7. The van der Waals surface area contributed by atoms with E-state index in [1.807, 2.05) is 29.2 Å². The molecule has 0 saturated carbocycles. The van der Waals surface area contributed by atoms with Crippen LogP contribution >= 0.6 is 0 Å². The van der Waals surface area contributed by atoms with Crippen molar-refractivity contribution in [3.8, 4) is 0 Å². The van der Waals surface area contributed by atoms with Crippen molar-refractivity contribution in [2.45, 2.75) is 6.54 Å². The normalized spacial score (nSPS) is 10.7. The summed E-state index contributed by atoms with van der Waals surface area (Å²) in [5.74, 6) is -0.343. The van der Waals surface area contributed by atoms with Crippen molar-refractivity contribution >= 4 is 11.6 Å². The lowest BCUT2D eigenvalue weighted by Gasteiger charge is -2.20. The number of nitrogens with two attached hydrogens (primary N) is 2. The molecular weight excluding hydrogens is 218 g/mol. The average molecular weight is 237 g/mol. The van der Waals surface area contributed by atoms with E-state index in [1.165, 1.54) is 0 Å². The fourth-order valence-electron chi connectivity index (χ4n) is 1.60. The fraction of sp³-hybridized carbons (Fsp3) is 0.417. The molecule has 0 atom stereocenters. The van der Waals surface area contributed by atoms with Crippen LogP contribution in [-0.2, 0) is 16.1 Å². The van der Waals surface area contributed by atoms with Gasteiger partial charge >= 0.3 is 0 Å². The maximum Gasteiger partial charge on any atom is 0.231 e. The summed E-state index contributed by atoms with van der Waals surface area (Å²) in [7, 11) is 1.63. The predicted molar refractivity (Wildman–Crippen MR) is 67.2 cm³/mol. The van der Waals surface area contributed by atoms with Gasteiger partial charge in [-0.2, -0.15) is 0 Å². The molecule has 0 saturated heterocycles. The minimum atomic E-state index is -0.343. The van der Waals surface area contributed by atoms with Crippen LogP contribution in [0.2, 0.25) is 0 Å². The molecule has 0 aliphatic heterocycles. The molecule has 0 aliphatic carbocycles. The molecule has 0 spiro atoms. The Morgan fingerprint density at radius 3 is 2.82 bits per heavy atom. The molecule has 5 nitrogen and oxygen atoms in total. The van der Waals surface area contributed by atoms with Crippen LogP contribution in [0.1, 0.15) is 5.56 Å². The van der Waals surface area contributed by atoms with Crippen LogP contribution in [0.5, 0.6) is 0 Å². The van der Waals surface area contributed by atoms with Gasteiger partial charge in [0.2, 0.25) is 5.91 Å². The molecule has 0 heterocycles. The van der Waals surface area contributed by atoms with Gasteiger partial charge in [0.1, 0.15) is 0 Å². The zero-order chi connectivity index (χ0) is 12.7. The molecule has 0 fully saturated rings. The standard InChI is InChI=1S/C12H19N3O2/c1-17-6-5-15(9-12(14)16)8-10-3-2-4-11(13)7-10/h2-4,7H,5-6,8-9,13H2,1H3,(H2,14,16). The first-order chi connectivity index (χ1) is 8.11. The van der Waals surface area contributed by atoms with Crippen molar-refractivity contribution in [1.82, 2.24) is 4.90 Å². The van der Waals surface area contributed by atoms with Gasteiger partial charge in [-0.3, -0.25) is 9.69 Å². The van der Waals surface area contributed by atoms with Gasteiger partial charge in [0.15, 0.2) is 0 Å². The highest BCUT2D eigenvalue weighted by Crippen LogP contribution is 2.09. The van der Waals surface area contributed by atoms with Crippen LogP contribution in [-0.4, -0.2) is 37.6 Å². The molecule has 1 aromatic carbocycles. The third-order valence-corrected chi connectivity index (χ3v) is 2.35. The second kappa shape index (κ2) is 6.88. The average Bonchev–Trinajstić information content (AvgIpc) is 2.25. The Morgan fingerprint density at radius 2 is 2.24 bits per heavy atom. The van der Waals surface area contributed by atoms with E-state index in [0.29, 0.717) is 25.4 Å². The summed E-state index contributed by atoms with van der Waals surface area (Å²) in [6, 6.07) is 7.58. The summed E-state index contributed by atoms with van der Waals surface area (Å²) >= 11 is 0. The van der Waals surface area contributed by atoms with E-state index in [0.717, 1.165) is 5.56 Å². The SMILES string of the molecule is COCCN(CC(N)=O)Cc1cccc(N)c1. The Balaban J connectivity index is 2.61. The predicted octanol–water partition coefficient (Wildman–Crippen LogP) is 0.203. The number of carbonyl (C=O) groups is 1. The number of benzene rings is 1. The monoisotopic (exact) mass is 237 g/mol. The zero-order valence-electron chi connectivity index (χ0n) is 10.1.